The van der Waals surface area contributed by atoms with Gasteiger partial charge in [0, 0.05) is 24.1 Å². The monoisotopic (exact) mass is 532 g/mol. The molecule has 1 N–H and O–H groups in total. The number of hydrogen-bond acceptors (Lipinski definition) is 5. The van der Waals surface area contributed by atoms with E-state index in [0.717, 1.165) is 47.8 Å². The van der Waals surface area contributed by atoms with Gasteiger partial charge in [-0.05, 0) is 48.7 Å². The van der Waals surface area contributed by atoms with Crippen molar-refractivity contribution in [3.8, 4) is 5.69 Å². The molecule has 0 atom stereocenters. The second kappa shape index (κ2) is 9.56. The van der Waals surface area contributed by atoms with Gasteiger partial charge in [0.25, 0.3) is 16.4 Å². The van der Waals surface area contributed by atoms with Gasteiger partial charge in [-0.1, -0.05) is 6.42 Å². The van der Waals surface area contributed by atoms with Crippen LogP contribution in [0.3, 0.4) is 0 Å². The van der Waals surface area contributed by atoms with E-state index in [2.05, 4.69) is 10.1 Å². The van der Waals surface area contributed by atoms with E-state index in [1.54, 1.807) is 0 Å². The average molecular weight is 532 g/mol. The molecule has 0 radical (unpaired) electrons. The van der Waals surface area contributed by atoms with Crippen LogP contribution in [0.1, 0.15) is 48.2 Å². The molecule has 14 heteroatoms. The summed E-state index contributed by atoms with van der Waals surface area (Å²) in [5.74, 6) is -2.00. The van der Waals surface area contributed by atoms with Crippen molar-refractivity contribution >= 4 is 15.9 Å². The minimum atomic E-state index is -4.70. The summed E-state index contributed by atoms with van der Waals surface area (Å²) in [5, 5.41) is 3.70. The third-order valence-electron chi connectivity index (χ3n) is 5.74. The summed E-state index contributed by atoms with van der Waals surface area (Å²) in [6.45, 7) is 0. The highest BCUT2D eigenvalue weighted by molar-refractivity contribution is 7.90. The Morgan fingerprint density at radius 3 is 2.42 bits per heavy atom. The van der Waals surface area contributed by atoms with Crippen LogP contribution in [0.4, 0.5) is 26.3 Å². The minimum Gasteiger partial charge on any atom is -0.274 e. The van der Waals surface area contributed by atoms with E-state index in [-0.39, 0.29) is 16.8 Å². The van der Waals surface area contributed by atoms with Crippen LogP contribution >= 0.6 is 0 Å². The van der Waals surface area contributed by atoms with Gasteiger partial charge in [-0.3, -0.25) is 4.79 Å². The highest BCUT2D eigenvalue weighted by Gasteiger charge is 2.33. The molecule has 0 aliphatic heterocycles. The number of benzene rings is 1. The lowest BCUT2D eigenvalue weighted by Gasteiger charge is -2.24. The van der Waals surface area contributed by atoms with Crippen LogP contribution in [0.25, 0.3) is 5.69 Å². The van der Waals surface area contributed by atoms with E-state index in [1.165, 1.54) is 0 Å². The SMILES string of the molecule is O=C(NS(=O)(=O)c1ccc(F)cc1Cc1cn(-c2ccc(C(F)(F)F)nc2)nc1C(F)F)C1CCC1. The van der Waals surface area contributed by atoms with Crippen molar-refractivity contribution in [2.24, 2.45) is 5.92 Å². The molecular weight excluding hydrogens is 514 g/mol. The van der Waals surface area contributed by atoms with Gasteiger partial charge in [-0.15, -0.1) is 0 Å². The maximum atomic E-state index is 14.0. The lowest BCUT2D eigenvalue weighted by molar-refractivity contribution is -0.141. The first kappa shape index (κ1) is 25.7. The van der Waals surface area contributed by atoms with Gasteiger partial charge in [0.05, 0.1) is 16.8 Å². The van der Waals surface area contributed by atoms with E-state index >= 15 is 0 Å². The Morgan fingerprint density at radius 2 is 1.86 bits per heavy atom. The molecule has 1 aliphatic carbocycles. The molecule has 0 bridgehead atoms. The van der Waals surface area contributed by atoms with Gasteiger partial charge in [-0.2, -0.15) is 18.3 Å². The molecule has 1 fully saturated rings. The van der Waals surface area contributed by atoms with Gasteiger partial charge >= 0.3 is 6.18 Å². The molecule has 4 rings (SSSR count). The maximum Gasteiger partial charge on any atom is 0.433 e. The molecule has 0 saturated heterocycles. The van der Waals surface area contributed by atoms with Crippen LogP contribution in [0.15, 0.2) is 47.6 Å². The minimum absolute atomic E-state index is 0.0593. The molecular formula is C22H18F6N4O3S. The van der Waals surface area contributed by atoms with Gasteiger partial charge < -0.3 is 0 Å². The van der Waals surface area contributed by atoms with E-state index < -0.39 is 63.0 Å². The zero-order valence-electron chi connectivity index (χ0n) is 18.3. The second-order valence-electron chi connectivity index (χ2n) is 8.21. The number of pyridine rings is 1. The molecule has 1 amide bonds. The Labute approximate surface area is 201 Å². The zero-order valence-corrected chi connectivity index (χ0v) is 19.1. The topological polar surface area (TPSA) is 94.0 Å². The quantitative estimate of drug-likeness (QED) is 0.451. The Morgan fingerprint density at radius 1 is 1.14 bits per heavy atom. The fourth-order valence-electron chi connectivity index (χ4n) is 3.66. The number of alkyl halides is 5. The van der Waals surface area contributed by atoms with Crippen LogP contribution in [-0.2, 0) is 27.4 Å². The van der Waals surface area contributed by atoms with Crippen molar-refractivity contribution in [2.45, 2.75) is 43.2 Å². The predicted octanol–water partition coefficient (Wildman–Crippen LogP) is 4.56. The standard InChI is InChI=1S/C22H18F6N4O3S/c23-15-4-6-17(36(34,35)31-21(33)12-2-1-3-12)13(9-15)8-14-11-32(30-19(14)20(24)25)16-5-7-18(29-10-16)22(26,27)28/h4-7,9-12,20H,1-3,8H2,(H,31,33). The summed E-state index contributed by atoms with van der Waals surface area (Å²) in [6, 6.07) is 4.26. The first-order valence-electron chi connectivity index (χ1n) is 10.6. The van der Waals surface area contributed by atoms with Crippen LogP contribution in [0.5, 0.6) is 0 Å². The van der Waals surface area contributed by atoms with Crippen molar-refractivity contribution in [1.82, 2.24) is 19.5 Å². The van der Waals surface area contributed by atoms with Crippen LogP contribution in [-0.4, -0.2) is 29.1 Å². The number of rotatable bonds is 7. The highest BCUT2D eigenvalue weighted by Crippen LogP contribution is 2.31. The number of aromatic nitrogens is 3. The largest absolute Gasteiger partial charge is 0.433 e. The summed E-state index contributed by atoms with van der Waals surface area (Å²) in [5.41, 5.74) is -2.43. The van der Waals surface area contributed by atoms with Crippen LogP contribution < -0.4 is 4.72 Å². The zero-order chi connectivity index (χ0) is 26.3. The first-order chi connectivity index (χ1) is 16.8. The smallest absolute Gasteiger partial charge is 0.274 e. The first-order valence-corrected chi connectivity index (χ1v) is 12.1. The molecule has 1 aliphatic rings. The number of carbonyl (C=O) groups excluding carboxylic acids is 1. The van der Waals surface area contributed by atoms with Crippen molar-refractivity contribution in [3.63, 3.8) is 0 Å². The Kier molecular flexibility index (Phi) is 6.82. The summed E-state index contributed by atoms with van der Waals surface area (Å²) < 4.78 is 108. The van der Waals surface area contributed by atoms with Crippen molar-refractivity contribution in [2.75, 3.05) is 0 Å². The van der Waals surface area contributed by atoms with Crippen molar-refractivity contribution in [3.05, 3.63) is 71.1 Å². The second-order valence-corrected chi connectivity index (χ2v) is 9.86. The molecule has 1 aromatic carbocycles. The number of carbonyl (C=O) groups is 1. The molecule has 2 aromatic heterocycles. The lowest BCUT2D eigenvalue weighted by Crippen LogP contribution is -2.38. The van der Waals surface area contributed by atoms with E-state index in [1.807, 2.05) is 4.72 Å². The van der Waals surface area contributed by atoms with Gasteiger partial charge in [0.2, 0.25) is 5.91 Å². The predicted molar refractivity (Wildman–Crippen MR) is 113 cm³/mol. The molecule has 36 heavy (non-hydrogen) atoms. The number of sulfonamides is 1. The normalized spacial score (nSPS) is 14.6. The maximum absolute atomic E-state index is 14.0. The van der Waals surface area contributed by atoms with E-state index in [4.69, 9.17) is 0 Å². The molecule has 0 unspecified atom stereocenters. The fraction of sp³-hybridized carbons (Fsp3) is 0.318. The van der Waals surface area contributed by atoms with Crippen LogP contribution in [0.2, 0.25) is 0 Å². The molecule has 7 nitrogen and oxygen atoms in total. The summed E-state index contributed by atoms with van der Waals surface area (Å²) in [7, 11) is -4.44. The Balaban J connectivity index is 1.68. The number of nitrogens with one attached hydrogen (secondary N) is 1. The lowest BCUT2D eigenvalue weighted by atomic mass is 9.85. The number of amides is 1. The summed E-state index contributed by atoms with van der Waals surface area (Å²) in [4.78, 5) is 15.0. The van der Waals surface area contributed by atoms with E-state index in [0.29, 0.717) is 18.9 Å². The average Bonchev–Trinajstić information content (AvgIpc) is 3.15. The molecule has 3 aromatic rings. The van der Waals surface area contributed by atoms with Crippen molar-refractivity contribution in [1.29, 1.82) is 0 Å². The molecule has 0 spiro atoms. The molecule has 192 valence electrons. The van der Waals surface area contributed by atoms with Crippen LogP contribution in [0, 0.1) is 11.7 Å². The third kappa shape index (κ3) is 5.37. The van der Waals surface area contributed by atoms with Gasteiger partial charge in [-0.25, -0.2) is 36.0 Å². The fourth-order valence-corrected chi connectivity index (χ4v) is 4.92. The Bertz CT molecular complexity index is 1380. The summed E-state index contributed by atoms with van der Waals surface area (Å²) >= 11 is 0. The summed E-state index contributed by atoms with van der Waals surface area (Å²) in [6.07, 6.45) is -4.62. The number of hydrogen-bond donors (Lipinski definition) is 1. The molecule has 1 saturated carbocycles. The molecule has 2 heterocycles. The van der Waals surface area contributed by atoms with E-state index in [9.17, 15) is 39.6 Å². The van der Waals surface area contributed by atoms with Crippen molar-refractivity contribution < 1.29 is 39.6 Å². The van der Waals surface area contributed by atoms with Gasteiger partial charge in [0.1, 0.15) is 17.2 Å². The van der Waals surface area contributed by atoms with Gasteiger partial charge in [0.15, 0.2) is 0 Å². The number of halogens is 6. The third-order valence-corrected chi connectivity index (χ3v) is 7.18. The highest BCUT2D eigenvalue weighted by atomic mass is 32.2. The number of nitrogens with zero attached hydrogens (tertiary/aromatic N) is 3. The Hall–Kier alpha value is -3.42.